The number of hydrogen-bond acceptors (Lipinski definition) is 2. The van der Waals surface area contributed by atoms with E-state index < -0.39 is 0 Å². The fraction of sp³-hybridized carbons (Fsp3) is 0.364. The number of amides is 1. The largest absolute Gasteiger partial charge is 0.353 e. The molecule has 0 aromatic heterocycles. The van der Waals surface area contributed by atoms with Gasteiger partial charge in [0.2, 0.25) is 5.91 Å². The second kappa shape index (κ2) is 9.00. The molecular weight excluding hydrogens is 346 g/mol. The highest BCUT2D eigenvalue weighted by atomic mass is 35.5. The predicted octanol–water partition coefficient (Wildman–Crippen LogP) is 4.53. The maximum Gasteiger partial charge on any atom is 0.227 e. The summed E-state index contributed by atoms with van der Waals surface area (Å²) in [5, 5.41) is 3.75. The van der Waals surface area contributed by atoms with Crippen LogP contribution in [0.5, 0.6) is 0 Å². The molecule has 4 heteroatoms. The molecule has 4 unspecified atom stereocenters. The van der Waals surface area contributed by atoms with Gasteiger partial charge in [-0.1, -0.05) is 60.2 Å². The number of carbonyl (C=O) groups excluding carboxylic acids is 2. The van der Waals surface area contributed by atoms with Gasteiger partial charge in [0.15, 0.2) is 0 Å². The van der Waals surface area contributed by atoms with Crippen molar-refractivity contribution < 1.29 is 9.59 Å². The van der Waals surface area contributed by atoms with Crippen LogP contribution < -0.4 is 5.32 Å². The van der Waals surface area contributed by atoms with Gasteiger partial charge in [0, 0.05) is 22.9 Å². The van der Waals surface area contributed by atoms with Gasteiger partial charge in [-0.25, -0.2) is 0 Å². The van der Waals surface area contributed by atoms with Crippen molar-refractivity contribution in [1.29, 1.82) is 0 Å². The van der Waals surface area contributed by atoms with Crippen LogP contribution in [0.25, 0.3) is 0 Å². The number of rotatable bonds is 7. The molecule has 1 aromatic carbocycles. The van der Waals surface area contributed by atoms with Gasteiger partial charge < -0.3 is 5.32 Å². The lowest BCUT2D eigenvalue weighted by molar-refractivity contribution is -0.125. The molecule has 0 radical (unpaired) electrons. The molecule has 0 saturated carbocycles. The molecule has 0 fully saturated rings. The van der Waals surface area contributed by atoms with Crippen LogP contribution in [0.3, 0.4) is 0 Å². The summed E-state index contributed by atoms with van der Waals surface area (Å²) >= 11 is 5.90. The van der Waals surface area contributed by atoms with Gasteiger partial charge in [-0.15, -0.1) is 0 Å². The third-order valence-corrected chi connectivity index (χ3v) is 5.08. The quantitative estimate of drug-likeness (QED) is 0.716. The summed E-state index contributed by atoms with van der Waals surface area (Å²) in [4.78, 5) is 24.5. The van der Waals surface area contributed by atoms with E-state index in [4.69, 9.17) is 11.6 Å². The predicted molar refractivity (Wildman–Crippen MR) is 107 cm³/mol. The van der Waals surface area contributed by atoms with Gasteiger partial charge in [-0.2, -0.15) is 0 Å². The molecule has 1 aliphatic carbocycles. The third kappa shape index (κ3) is 5.18. The van der Waals surface area contributed by atoms with Crippen LogP contribution in [0, 0.1) is 17.8 Å². The van der Waals surface area contributed by atoms with Crippen molar-refractivity contribution >= 4 is 23.3 Å². The fourth-order valence-corrected chi connectivity index (χ4v) is 3.33. The molecule has 1 amide bonds. The van der Waals surface area contributed by atoms with E-state index in [1.807, 2.05) is 62.4 Å². The number of nitrogens with one attached hydrogen (secondary N) is 1. The molecular formula is C22H26ClNO2. The molecule has 0 bridgehead atoms. The molecule has 1 aliphatic rings. The fourth-order valence-electron chi connectivity index (χ4n) is 3.20. The van der Waals surface area contributed by atoms with Crippen LogP contribution in [0.1, 0.15) is 26.3 Å². The summed E-state index contributed by atoms with van der Waals surface area (Å²) in [7, 11) is 0. The minimum Gasteiger partial charge on any atom is -0.353 e. The summed E-state index contributed by atoms with van der Waals surface area (Å²) in [6.45, 7) is 9.52. The molecule has 1 aromatic rings. The second-order valence-corrected chi connectivity index (χ2v) is 7.41. The van der Waals surface area contributed by atoms with Gasteiger partial charge in [-0.3, -0.25) is 9.59 Å². The normalized spacial score (nSPS) is 21.1. The lowest BCUT2D eigenvalue weighted by Gasteiger charge is -2.28. The highest BCUT2D eigenvalue weighted by molar-refractivity contribution is 6.30. The average Bonchev–Trinajstić information content (AvgIpc) is 2.62. The van der Waals surface area contributed by atoms with Crippen LogP contribution in [-0.2, 0) is 16.0 Å². The maximum atomic E-state index is 12.6. The first-order valence-corrected chi connectivity index (χ1v) is 9.26. The highest BCUT2D eigenvalue weighted by Crippen LogP contribution is 2.31. The van der Waals surface area contributed by atoms with E-state index in [0.717, 1.165) is 17.6 Å². The van der Waals surface area contributed by atoms with Gasteiger partial charge in [0.05, 0.1) is 5.92 Å². The van der Waals surface area contributed by atoms with E-state index in [2.05, 4.69) is 11.9 Å². The molecule has 138 valence electrons. The van der Waals surface area contributed by atoms with Gasteiger partial charge in [0.25, 0.3) is 0 Å². The minimum absolute atomic E-state index is 0.00989. The molecule has 0 heterocycles. The van der Waals surface area contributed by atoms with E-state index in [0.29, 0.717) is 5.02 Å². The zero-order valence-electron chi connectivity index (χ0n) is 15.5. The van der Waals surface area contributed by atoms with Gasteiger partial charge in [0.1, 0.15) is 5.78 Å². The van der Waals surface area contributed by atoms with Crippen LogP contribution in [0.15, 0.2) is 60.7 Å². The van der Waals surface area contributed by atoms with Crippen molar-refractivity contribution in [2.75, 3.05) is 0 Å². The Morgan fingerprint density at radius 3 is 2.27 bits per heavy atom. The first-order chi connectivity index (χ1) is 12.3. The average molecular weight is 372 g/mol. The monoisotopic (exact) mass is 371 g/mol. The first kappa shape index (κ1) is 20.2. The maximum absolute atomic E-state index is 12.6. The number of benzene rings is 1. The van der Waals surface area contributed by atoms with Crippen LogP contribution in [-0.4, -0.2) is 17.7 Å². The van der Waals surface area contributed by atoms with Crippen LogP contribution in [0.4, 0.5) is 0 Å². The zero-order valence-corrected chi connectivity index (χ0v) is 16.3. The molecule has 0 saturated heterocycles. The number of hydrogen-bond donors (Lipinski definition) is 1. The van der Waals surface area contributed by atoms with E-state index in [-0.39, 0.29) is 35.5 Å². The SMILES string of the molecule is C=C(C(C)C(=O)NC(C)Cc1ccc(Cl)cc1)C1C=CC=CC1C(C)=O. The van der Waals surface area contributed by atoms with Gasteiger partial charge >= 0.3 is 0 Å². The molecule has 3 nitrogen and oxygen atoms in total. The highest BCUT2D eigenvalue weighted by Gasteiger charge is 2.30. The zero-order chi connectivity index (χ0) is 19.3. The first-order valence-electron chi connectivity index (χ1n) is 8.88. The lowest BCUT2D eigenvalue weighted by atomic mass is 9.77. The van der Waals surface area contributed by atoms with E-state index in [1.54, 1.807) is 6.92 Å². The topological polar surface area (TPSA) is 46.2 Å². The Morgan fingerprint density at radius 1 is 1.12 bits per heavy atom. The van der Waals surface area contributed by atoms with Gasteiger partial charge in [-0.05, 0) is 44.9 Å². The summed E-state index contributed by atoms with van der Waals surface area (Å²) in [5.74, 6) is -0.730. The van der Waals surface area contributed by atoms with E-state index in [1.165, 1.54) is 0 Å². The summed E-state index contributed by atoms with van der Waals surface area (Å²) in [6.07, 6.45) is 8.34. The minimum atomic E-state index is -0.370. The van der Waals surface area contributed by atoms with Crippen molar-refractivity contribution in [1.82, 2.24) is 5.32 Å². The smallest absolute Gasteiger partial charge is 0.227 e. The van der Waals surface area contributed by atoms with E-state index >= 15 is 0 Å². The van der Waals surface area contributed by atoms with Crippen molar-refractivity contribution in [3.05, 3.63) is 71.3 Å². The summed E-state index contributed by atoms with van der Waals surface area (Å²) in [5.41, 5.74) is 1.88. The molecule has 2 rings (SSSR count). The summed E-state index contributed by atoms with van der Waals surface area (Å²) < 4.78 is 0. The number of halogens is 1. The number of Topliss-reactive ketones (excluding diaryl/α,β-unsaturated/α-hetero) is 1. The lowest BCUT2D eigenvalue weighted by Crippen LogP contribution is -2.39. The molecule has 1 N–H and O–H groups in total. The summed E-state index contributed by atoms with van der Waals surface area (Å²) in [6, 6.07) is 7.61. The van der Waals surface area contributed by atoms with Crippen molar-refractivity contribution in [2.45, 2.75) is 33.2 Å². The number of allylic oxidation sites excluding steroid dienone is 4. The molecule has 0 aliphatic heterocycles. The second-order valence-electron chi connectivity index (χ2n) is 6.97. The number of ketones is 1. The Hall–Kier alpha value is -2.13. The standard InChI is InChI=1S/C22H26ClNO2/c1-14(13-18-9-11-19(23)12-10-18)24-22(26)16(3)15(2)20-7-5-6-8-21(20)17(4)25/h5-12,14,16,20-21H,2,13H2,1,3-4H3,(H,24,26). The van der Waals surface area contributed by atoms with Crippen molar-refractivity contribution in [3.8, 4) is 0 Å². The number of carbonyl (C=O) groups is 2. The van der Waals surface area contributed by atoms with Crippen LogP contribution in [0.2, 0.25) is 5.02 Å². The molecule has 0 spiro atoms. The van der Waals surface area contributed by atoms with Crippen LogP contribution >= 0.6 is 11.6 Å². The molecule has 26 heavy (non-hydrogen) atoms. The van der Waals surface area contributed by atoms with Crippen molar-refractivity contribution in [2.24, 2.45) is 17.8 Å². The van der Waals surface area contributed by atoms with E-state index in [9.17, 15) is 9.59 Å². The Morgan fingerprint density at radius 2 is 1.69 bits per heavy atom. The molecule has 4 atom stereocenters. The Bertz CT molecular complexity index is 733. The Kier molecular flexibility index (Phi) is 6.98. The Balaban J connectivity index is 1.96. The Labute approximate surface area is 160 Å². The third-order valence-electron chi connectivity index (χ3n) is 4.83. The van der Waals surface area contributed by atoms with Crippen molar-refractivity contribution in [3.63, 3.8) is 0 Å².